The van der Waals surface area contributed by atoms with Gasteiger partial charge in [0.2, 0.25) is 0 Å². The van der Waals surface area contributed by atoms with E-state index in [2.05, 4.69) is 10.3 Å². The third kappa shape index (κ3) is 3.06. The van der Waals surface area contributed by atoms with Gasteiger partial charge in [0.05, 0.1) is 5.52 Å². The van der Waals surface area contributed by atoms with Gasteiger partial charge >= 0.3 is 0 Å². The molecule has 0 bridgehead atoms. The summed E-state index contributed by atoms with van der Waals surface area (Å²) in [5, 5.41) is 4.21. The van der Waals surface area contributed by atoms with E-state index in [0.29, 0.717) is 12.1 Å². The van der Waals surface area contributed by atoms with Crippen molar-refractivity contribution in [2.45, 2.75) is 13.1 Å². The van der Waals surface area contributed by atoms with Gasteiger partial charge in [-0.05, 0) is 35.9 Å². The number of halogens is 2. The van der Waals surface area contributed by atoms with Crippen LogP contribution >= 0.6 is 0 Å². The van der Waals surface area contributed by atoms with E-state index < -0.39 is 11.6 Å². The van der Waals surface area contributed by atoms with Crippen LogP contribution in [0.4, 0.5) is 8.78 Å². The highest BCUT2D eigenvalue weighted by Crippen LogP contribution is 2.16. The first-order valence-corrected chi connectivity index (χ1v) is 6.71. The average Bonchev–Trinajstić information content (AvgIpc) is 2.51. The van der Waals surface area contributed by atoms with E-state index in [9.17, 15) is 8.78 Å². The largest absolute Gasteiger partial charge is 0.308 e. The molecule has 106 valence electrons. The van der Waals surface area contributed by atoms with Crippen molar-refractivity contribution in [1.82, 2.24) is 10.3 Å². The third-order valence-electron chi connectivity index (χ3n) is 3.38. The SMILES string of the molecule is Fc1ccc(F)c(CNCc2ccnc3ccccc23)c1. The molecule has 3 aromatic rings. The van der Waals surface area contributed by atoms with Crippen LogP contribution in [0.3, 0.4) is 0 Å². The molecule has 0 unspecified atom stereocenters. The van der Waals surface area contributed by atoms with Gasteiger partial charge in [0.1, 0.15) is 11.6 Å². The molecule has 0 aliphatic carbocycles. The topological polar surface area (TPSA) is 24.9 Å². The van der Waals surface area contributed by atoms with Crippen molar-refractivity contribution in [3.8, 4) is 0 Å². The molecule has 3 rings (SSSR count). The van der Waals surface area contributed by atoms with E-state index in [1.807, 2.05) is 30.3 Å². The van der Waals surface area contributed by atoms with Gasteiger partial charge in [0.25, 0.3) is 0 Å². The maximum atomic E-state index is 13.5. The number of rotatable bonds is 4. The lowest BCUT2D eigenvalue weighted by molar-refractivity contribution is 0.569. The van der Waals surface area contributed by atoms with Crippen LogP contribution in [0.2, 0.25) is 0 Å². The summed E-state index contributed by atoms with van der Waals surface area (Å²) in [4.78, 5) is 4.30. The highest BCUT2D eigenvalue weighted by Gasteiger charge is 2.05. The number of hydrogen-bond donors (Lipinski definition) is 1. The molecule has 0 aliphatic rings. The van der Waals surface area contributed by atoms with Crippen molar-refractivity contribution < 1.29 is 8.78 Å². The van der Waals surface area contributed by atoms with Crippen molar-refractivity contribution in [3.05, 3.63) is 77.5 Å². The zero-order valence-electron chi connectivity index (χ0n) is 11.3. The first kappa shape index (κ1) is 13.6. The number of aromatic nitrogens is 1. The van der Waals surface area contributed by atoms with Gasteiger partial charge in [-0.3, -0.25) is 4.98 Å². The van der Waals surface area contributed by atoms with E-state index in [1.54, 1.807) is 6.20 Å². The molecule has 2 nitrogen and oxygen atoms in total. The molecule has 1 N–H and O–H groups in total. The van der Waals surface area contributed by atoms with Crippen molar-refractivity contribution in [2.75, 3.05) is 0 Å². The van der Waals surface area contributed by atoms with Crippen molar-refractivity contribution in [2.24, 2.45) is 0 Å². The summed E-state index contributed by atoms with van der Waals surface area (Å²) in [7, 11) is 0. The smallest absolute Gasteiger partial charge is 0.127 e. The Morgan fingerprint density at radius 1 is 0.905 bits per heavy atom. The lowest BCUT2D eigenvalue weighted by Crippen LogP contribution is -2.14. The third-order valence-corrected chi connectivity index (χ3v) is 3.38. The zero-order valence-corrected chi connectivity index (χ0v) is 11.3. The minimum Gasteiger partial charge on any atom is -0.308 e. The summed E-state index contributed by atoms with van der Waals surface area (Å²) in [6.45, 7) is 0.846. The minimum atomic E-state index is -0.428. The fourth-order valence-electron chi connectivity index (χ4n) is 2.32. The lowest BCUT2D eigenvalue weighted by Gasteiger charge is -2.08. The Bertz CT molecular complexity index is 766. The zero-order chi connectivity index (χ0) is 14.7. The summed E-state index contributed by atoms with van der Waals surface area (Å²) >= 11 is 0. The number of para-hydroxylation sites is 1. The van der Waals surface area contributed by atoms with Crippen molar-refractivity contribution in [3.63, 3.8) is 0 Å². The van der Waals surface area contributed by atoms with Crippen LogP contribution in [0.15, 0.2) is 54.7 Å². The number of fused-ring (bicyclic) bond motifs is 1. The highest BCUT2D eigenvalue weighted by molar-refractivity contribution is 5.81. The summed E-state index contributed by atoms with van der Waals surface area (Å²) in [5.74, 6) is -0.828. The van der Waals surface area contributed by atoms with Crippen LogP contribution in [0, 0.1) is 11.6 Å². The number of pyridine rings is 1. The standard InChI is InChI=1S/C17H14F2N2/c18-14-5-6-16(19)13(9-14)11-20-10-12-7-8-21-17-4-2-1-3-15(12)17/h1-9,20H,10-11H2. The molecule has 0 atom stereocenters. The fourth-order valence-corrected chi connectivity index (χ4v) is 2.32. The van der Waals surface area contributed by atoms with Gasteiger partial charge < -0.3 is 5.32 Å². The molecule has 21 heavy (non-hydrogen) atoms. The van der Waals surface area contributed by atoms with Crippen molar-refractivity contribution >= 4 is 10.9 Å². The van der Waals surface area contributed by atoms with E-state index >= 15 is 0 Å². The molecule has 1 heterocycles. The van der Waals surface area contributed by atoms with Crippen molar-refractivity contribution in [1.29, 1.82) is 0 Å². The summed E-state index contributed by atoms with van der Waals surface area (Å²) in [6, 6.07) is 13.3. The predicted molar refractivity (Wildman–Crippen MR) is 78.6 cm³/mol. The summed E-state index contributed by atoms with van der Waals surface area (Å²) in [5.41, 5.74) is 2.33. The highest BCUT2D eigenvalue weighted by atomic mass is 19.1. The molecule has 0 aliphatic heterocycles. The molecular formula is C17H14F2N2. The van der Waals surface area contributed by atoms with Crippen LogP contribution in [-0.2, 0) is 13.1 Å². The molecule has 1 aromatic heterocycles. The Balaban J connectivity index is 1.74. The van der Waals surface area contributed by atoms with Gasteiger partial charge in [-0.1, -0.05) is 18.2 Å². The second-order valence-electron chi connectivity index (χ2n) is 4.83. The molecular weight excluding hydrogens is 270 g/mol. The normalized spacial score (nSPS) is 11.0. The summed E-state index contributed by atoms with van der Waals surface area (Å²) < 4.78 is 26.6. The molecule has 0 radical (unpaired) electrons. The first-order valence-electron chi connectivity index (χ1n) is 6.71. The van der Waals surface area contributed by atoms with E-state index in [4.69, 9.17) is 0 Å². The van der Waals surface area contributed by atoms with Crippen LogP contribution in [-0.4, -0.2) is 4.98 Å². The van der Waals surface area contributed by atoms with Gasteiger partial charge in [-0.15, -0.1) is 0 Å². The Hall–Kier alpha value is -2.33. The number of nitrogens with zero attached hydrogens (tertiary/aromatic N) is 1. The average molecular weight is 284 g/mol. The molecule has 0 fully saturated rings. The van der Waals surface area contributed by atoms with Crippen LogP contribution in [0.25, 0.3) is 10.9 Å². The molecule has 0 saturated heterocycles. The Morgan fingerprint density at radius 3 is 2.62 bits per heavy atom. The summed E-state index contributed by atoms with van der Waals surface area (Å²) in [6.07, 6.45) is 1.75. The molecule has 0 saturated carbocycles. The maximum absolute atomic E-state index is 13.5. The van der Waals surface area contributed by atoms with E-state index in [1.165, 1.54) is 6.07 Å². The van der Waals surface area contributed by atoms with Gasteiger partial charge in [-0.25, -0.2) is 8.78 Å². The van der Waals surface area contributed by atoms with Gasteiger partial charge in [-0.2, -0.15) is 0 Å². The van der Waals surface area contributed by atoms with Gasteiger partial charge in [0.15, 0.2) is 0 Å². The van der Waals surface area contributed by atoms with Gasteiger partial charge in [0, 0.05) is 30.2 Å². The number of hydrogen-bond acceptors (Lipinski definition) is 2. The molecule has 0 amide bonds. The Morgan fingerprint density at radius 2 is 1.71 bits per heavy atom. The Kier molecular flexibility index (Phi) is 3.88. The molecule has 0 spiro atoms. The predicted octanol–water partition coefficient (Wildman–Crippen LogP) is 3.80. The van der Waals surface area contributed by atoms with E-state index in [0.717, 1.165) is 28.6 Å². The minimum absolute atomic E-state index is 0.278. The quantitative estimate of drug-likeness (QED) is 0.788. The van der Waals surface area contributed by atoms with Crippen LogP contribution in [0.5, 0.6) is 0 Å². The van der Waals surface area contributed by atoms with Crippen LogP contribution in [0.1, 0.15) is 11.1 Å². The fraction of sp³-hybridized carbons (Fsp3) is 0.118. The molecule has 2 aromatic carbocycles. The first-order chi connectivity index (χ1) is 10.2. The number of benzene rings is 2. The lowest BCUT2D eigenvalue weighted by atomic mass is 10.1. The van der Waals surface area contributed by atoms with Crippen LogP contribution < -0.4 is 5.32 Å². The Labute approximate surface area is 121 Å². The monoisotopic (exact) mass is 284 g/mol. The second-order valence-corrected chi connectivity index (χ2v) is 4.83. The second kappa shape index (κ2) is 5.97. The maximum Gasteiger partial charge on any atom is 0.127 e. The molecule has 4 heteroatoms. The van der Waals surface area contributed by atoms with E-state index in [-0.39, 0.29) is 6.54 Å². The number of nitrogens with one attached hydrogen (secondary N) is 1.